The summed E-state index contributed by atoms with van der Waals surface area (Å²) in [7, 11) is 1.62. The summed E-state index contributed by atoms with van der Waals surface area (Å²) in [5, 5.41) is 11.4. The van der Waals surface area contributed by atoms with Crippen molar-refractivity contribution in [2.24, 2.45) is 5.92 Å². The van der Waals surface area contributed by atoms with Gasteiger partial charge in [-0.2, -0.15) is 0 Å². The normalized spacial score (nSPS) is 22.5. The molecule has 0 aromatic heterocycles. The Bertz CT molecular complexity index is 794. The van der Waals surface area contributed by atoms with Crippen molar-refractivity contribution >= 4 is 17.3 Å². The molecule has 1 saturated heterocycles. The highest BCUT2D eigenvalue weighted by atomic mass is 35.5. The number of piperidine rings is 1. The van der Waals surface area contributed by atoms with Crippen LogP contribution in [-0.2, 0) is 12.8 Å². The number of benzene rings is 2. The molecule has 2 aromatic rings. The molecule has 2 atom stereocenters. The topological polar surface area (TPSA) is 35.9 Å². The molecule has 4 nitrogen and oxygen atoms in total. The molecule has 2 aliphatic rings. The minimum Gasteiger partial charge on any atom is -0.493 e. The van der Waals surface area contributed by atoms with E-state index in [-0.39, 0.29) is 0 Å². The summed E-state index contributed by atoms with van der Waals surface area (Å²) in [4.78, 5) is 2.67. The van der Waals surface area contributed by atoms with E-state index in [9.17, 15) is 5.21 Å². The Morgan fingerprint density at radius 1 is 1.14 bits per heavy atom. The second kappa shape index (κ2) is 8.73. The molecule has 0 radical (unpaired) electrons. The van der Waals surface area contributed by atoms with E-state index in [2.05, 4.69) is 17.0 Å². The van der Waals surface area contributed by atoms with Crippen molar-refractivity contribution < 1.29 is 9.94 Å². The number of likely N-dealkylation sites (tertiary alicyclic amines) is 1. The van der Waals surface area contributed by atoms with Crippen molar-refractivity contribution in [3.05, 3.63) is 58.6 Å². The van der Waals surface area contributed by atoms with E-state index < -0.39 is 0 Å². The molecule has 5 heteroatoms. The fraction of sp³-hybridized carbons (Fsp3) is 0.478. The van der Waals surface area contributed by atoms with Crippen LogP contribution in [0.4, 0.5) is 5.69 Å². The van der Waals surface area contributed by atoms with E-state index in [4.69, 9.17) is 16.3 Å². The SMILES string of the molecule is CN(O)c1ccc(OCC2CCCN(C3CCc4ccc(Cl)cc4C3)C2)cc1. The Balaban J connectivity index is 1.32. The molecule has 1 aliphatic heterocycles. The van der Waals surface area contributed by atoms with Crippen LogP contribution >= 0.6 is 11.6 Å². The van der Waals surface area contributed by atoms with E-state index in [1.807, 2.05) is 30.3 Å². The molecule has 0 saturated carbocycles. The van der Waals surface area contributed by atoms with Gasteiger partial charge in [0, 0.05) is 30.6 Å². The molecular weight excluding hydrogens is 372 g/mol. The maximum Gasteiger partial charge on any atom is 0.119 e. The molecule has 2 aromatic carbocycles. The van der Waals surface area contributed by atoms with Crippen LogP contribution < -0.4 is 9.80 Å². The number of aryl methyl sites for hydroxylation is 1. The number of hydroxylamine groups is 1. The van der Waals surface area contributed by atoms with Gasteiger partial charge in [-0.25, -0.2) is 0 Å². The largest absolute Gasteiger partial charge is 0.493 e. The molecule has 0 spiro atoms. The molecule has 1 heterocycles. The van der Waals surface area contributed by atoms with Crippen LogP contribution in [0, 0.1) is 5.92 Å². The van der Waals surface area contributed by atoms with E-state index >= 15 is 0 Å². The zero-order chi connectivity index (χ0) is 19.5. The highest BCUT2D eigenvalue weighted by Gasteiger charge is 2.29. The maximum atomic E-state index is 9.46. The summed E-state index contributed by atoms with van der Waals surface area (Å²) in [6.07, 6.45) is 5.96. The third kappa shape index (κ3) is 4.62. The minimum atomic E-state index is 0.565. The first-order valence-electron chi connectivity index (χ1n) is 10.3. The van der Waals surface area contributed by atoms with E-state index in [0.717, 1.165) is 47.5 Å². The van der Waals surface area contributed by atoms with Gasteiger partial charge in [0.2, 0.25) is 0 Å². The Kier molecular flexibility index (Phi) is 6.10. The standard InChI is InChI=1S/C23H29ClN2O2/c1-25(27)21-8-10-23(11-9-21)28-16-17-3-2-12-26(15-17)22-7-5-18-4-6-20(24)13-19(18)14-22/h4,6,8-11,13,17,22,27H,2-3,5,7,12,14-16H2,1H3. The van der Waals surface area contributed by atoms with Gasteiger partial charge in [-0.15, -0.1) is 0 Å². The molecule has 2 unspecified atom stereocenters. The summed E-state index contributed by atoms with van der Waals surface area (Å²) >= 11 is 6.21. The number of halogens is 1. The second-order valence-electron chi connectivity index (χ2n) is 8.14. The lowest BCUT2D eigenvalue weighted by Crippen LogP contribution is -2.46. The number of rotatable bonds is 5. The lowest BCUT2D eigenvalue weighted by atomic mass is 9.86. The van der Waals surface area contributed by atoms with Crippen LogP contribution in [0.3, 0.4) is 0 Å². The van der Waals surface area contributed by atoms with Crippen molar-refractivity contribution in [1.82, 2.24) is 4.90 Å². The lowest BCUT2D eigenvalue weighted by Gasteiger charge is -2.40. The third-order valence-corrected chi connectivity index (χ3v) is 6.37. The molecule has 28 heavy (non-hydrogen) atoms. The number of hydrogen-bond acceptors (Lipinski definition) is 4. The molecule has 0 amide bonds. The quantitative estimate of drug-likeness (QED) is 0.730. The zero-order valence-electron chi connectivity index (χ0n) is 16.5. The van der Waals surface area contributed by atoms with Crippen LogP contribution in [-0.4, -0.2) is 42.9 Å². The predicted octanol–water partition coefficient (Wildman–Crippen LogP) is 4.81. The first-order valence-corrected chi connectivity index (χ1v) is 10.6. The lowest BCUT2D eigenvalue weighted by molar-refractivity contribution is 0.0881. The predicted molar refractivity (Wildman–Crippen MR) is 114 cm³/mol. The minimum absolute atomic E-state index is 0.565. The molecule has 1 N–H and O–H groups in total. The fourth-order valence-electron chi connectivity index (χ4n) is 4.56. The average Bonchev–Trinajstić information content (AvgIpc) is 2.72. The number of ether oxygens (including phenoxy) is 1. The summed E-state index contributed by atoms with van der Waals surface area (Å²) in [6.45, 7) is 3.05. The zero-order valence-corrected chi connectivity index (χ0v) is 17.2. The summed E-state index contributed by atoms with van der Waals surface area (Å²) in [6, 6.07) is 14.6. The first-order chi connectivity index (χ1) is 13.6. The molecule has 1 aliphatic carbocycles. The van der Waals surface area contributed by atoms with Gasteiger partial charge < -0.3 is 4.74 Å². The van der Waals surface area contributed by atoms with Gasteiger partial charge in [-0.1, -0.05) is 17.7 Å². The first kappa shape index (κ1) is 19.6. The smallest absolute Gasteiger partial charge is 0.119 e. The van der Waals surface area contributed by atoms with Crippen molar-refractivity contribution in [2.45, 2.75) is 38.1 Å². The monoisotopic (exact) mass is 400 g/mol. The van der Waals surface area contributed by atoms with E-state index in [1.165, 1.54) is 36.9 Å². The number of hydrogen-bond donors (Lipinski definition) is 1. The molecule has 150 valence electrons. The Morgan fingerprint density at radius 2 is 1.96 bits per heavy atom. The Hall–Kier alpha value is -1.75. The van der Waals surface area contributed by atoms with Crippen LogP contribution in [0.2, 0.25) is 5.02 Å². The highest BCUT2D eigenvalue weighted by molar-refractivity contribution is 6.30. The van der Waals surface area contributed by atoms with Crippen molar-refractivity contribution in [2.75, 3.05) is 31.8 Å². The van der Waals surface area contributed by atoms with Crippen LogP contribution in [0.1, 0.15) is 30.4 Å². The van der Waals surface area contributed by atoms with Gasteiger partial charge in [-0.3, -0.25) is 15.2 Å². The van der Waals surface area contributed by atoms with Crippen LogP contribution in [0.5, 0.6) is 5.75 Å². The van der Waals surface area contributed by atoms with Gasteiger partial charge in [0.15, 0.2) is 0 Å². The van der Waals surface area contributed by atoms with E-state index in [1.54, 1.807) is 7.05 Å². The van der Waals surface area contributed by atoms with Crippen molar-refractivity contribution in [3.8, 4) is 5.75 Å². The molecule has 1 fully saturated rings. The van der Waals surface area contributed by atoms with Crippen LogP contribution in [0.15, 0.2) is 42.5 Å². The average molecular weight is 401 g/mol. The number of anilines is 1. The second-order valence-corrected chi connectivity index (χ2v) is 8.58. The Labute approximate surface area is 172 Å². The van der Waals surface area contributed by atoms with Crippen molar-refractivity contribution in [3.63, 3.8) is 0 Å². The third-order valence-electron chi connectivity index (χ3n) is 6.13. The van der Waals surface area contributed by atoms with Gasteiger partial charge in [0.05, 0.1) is 12.3 Å². The van der Waals surface area contributed by atoms with Gasteiger partial charge >= 0.3 is 0 Å². The maximum absolute atomic E-state index is 9.46. The summed E-state index contributed by atoms with van der Waals surface area (Å²) in [5.74, 6) is 1.43. The molecular formula is C23H29ClN2O2. The molecule has 0 bridgehead atoms. The van der Waals surface area contributed by atoms with Crippen molar-refractivity contribution in [1.29, 1.82) is 0 Å². The summed E-state index contributed by atoms with van der Waals surface area (Å²) in [5.41, 5.74) is 3.65. The number of nitrogens with zero attached hydrogens (tertiary/aromatic N) is 2. The molecule has 4 rings (SSSR count). The number of fused-ring (bicyclic) bond motifs is 1. The van der Waals surface area contributed by atoms with Gasteiger partial charge in [0.25, 0.3) is 0 Å². The Morgan fingerprint density at radius 3 is 2.75 bits per heavy atom. The van der Waals surface area contributed by atoms with Crippen LogP contribution in [0.25, 0.3) is 0 Å². The fourth-order valence-corrected chi connectivity index (χ4v) is 4.75. The van der Waals surface area contributed by atoms with Gasteiger partial charge in [-0.05, 0) is 86.2 Å². The highest BCUT2D eigenvalue weighted by Crippen LogP contribution is 2.30. The summed E-state index contributed by atoms with van der Waals surface area (Å²) < 4.78 is 6.04. The van der Waals surface area contributed by atoms with Gasteiger partial charge in [0.1, 0.15) is 5.75 Å². The van der Waals surface area contributed by atoms with E-state index in [0.29, 0.717) is 12.0 Å².